The van der Waals surface area contributed by atoms with Gasteiger partial charge in [-0.3, -0.25) is 4.90 Å². The van der Waals surface area contributed by atoms with Gasteiger partial charge in [0, 0.05) is 18.6 Å². The van der Waals surface area contributed by atoms with E-state index in [-0.39, 0.29) is 12.6 Å². The zero-order chi connectivity index (χ0) is 13.0. The highest BCUT2D eigenvalue weighted by molar-refractivity contribution is 5.19. The van der Waals surface area contributed by atoms with E-state index in [1.54, 1.807) is 0 Å². The standard InChI is InChI=1S/C15H24N2O/c1-12(2)17-9-8-14(10-17)16-15(11-18)13-6-4-3-5-7-13/h3-7,12,14-16,18H,8-11H2,1-2H3/t14?,15-/m1/s1. The Morgan fingerprint density at radius 2 is 2.06 bits per heavy atom. The minimum atomic E-state index is 0.0586. The number of likely N-dealkylation sites (tertiary alicyclic amines) is 1. The first-order valence-corrected chi connectivity index (χ1v) is 6.86. The summed E-state index contributed by atoms with van der Waals surface area (Å²) in [5.74, 6) is 0. The summed E-state index contributed by atoms with van der Waals surface area (Å²) in [5.41, 5.74) is 1.17. The lowest BCUT2D eigenvalue weighted by Gasteiger charge is -2.23. The first-order chi connectivity index (χ1) is 8.70. The van der Waals surface area contributed by atoms with Gasteiger partial charge in [-0.15, -0.1) is 0 Å². The summed E-state index contributed by atoms with van der Waals surface area (Å²) in [6.07, 6.45) is 1.17. The van der Waals surface area contributed by atoms with Gasteiger partial charge in [-0.25, -0.2) is 0 Å². The number of nitrogens with zero attached hydrogens (tertiary/aromatic N) is 1. The van der Waals surface area contributed by atoms with Gasteiger partial charge >= 0.3 is 0 Å². The number of nitrogens with one attached hydrogen (secondary N) is 1. The summed E-state index contributed by atoms with van der Waals surface area (Å²) in [5, 5.41) is 13.1. The molecule has 1 aliphatic heterocycles. The maximum Gasteiger partial charge on any atom is 0.0626 e. The van der Waals surface area contributed by atoms with Crippen molar-refractivity contribution in [3.8, 4) is 0 Å². The van der Waals surface area contributed by atoms with Crippen molar-refractivity contribution < 1.29 is 5.11 Å². The lowest BCUT2D eigenvalue weighted by Crippen LogP contribution is -2.38. The molecule has 2 rings (SSSR count). The molecule has 0 aliphatic carbocycles. The molecule has 1 aliphatic rings. The molecule has 100 valence electrons. The minimum absolute atomic E-state index is 0.0586. The van der Waals surface area contributed by atoms with E-state index in [9.17, 15) is 5.11 Å². The molecule has 1 aromatic carbocycles. The highest BCUT2D eigenvalue weighted by atomic mass is 16.3. The van der Waals surface area contributed by atoms with Gasteiger partial charge in [-0.1, -0.05) is 30.3 Å². The van der Waals surface area contributed by atoms with E-state index in [0.717, 1.165) is 13.1 Å². The molecule has 1 unspecified atom stereocenters. The van der Waals surface area contributed by atoms with Gasteiger partial charge < -0.3 is 10.4 Å². The molecular formula is C15H24N2O. The quantitative estimate of drug-likeness (QED) is 0.834. The van der Waals surface area contributed by atoms with Gasteiger partial charge in [0.25, 0.3) is 0 Å². The summed E-state index contributed by atoms with van der Waals surface area (Å²) in [7, 11) is 0. The van der Waals surface area contributed by atoms with E-state index >= 15 is 0 Å². The van der Waals surface area contributed by atoms with Crippen LogP contribution in [0.3, 0.4) is 0 Å². The van der Waals surface area contributed by atoms with Crippen molar-refractivity contribution in [1.29, 1.82) is 0 Å². The molecule has 0 radical (unpaired) electrons. The third-order valence-electron chi connectivity index (χ3n) is 3.77. The zero-order valence-electron chi connectivity index (χ0n) is 11.3. The molecule has 0 amide bonds. The Bertz CT molecular complexity index is 353. The Balaban J connectivity index is 1.92. The second-order valence-electron chi connectivity index (χ2n) is 5.39. The number of hydrogen-bond donors (Lipinski definition) is 2. The molecule has 1 fully saturated rings. The van der Waals surface area contributed by atoms with Crippen LogP contribution in [0.15, 0.2) is 30.3 Å². The lowest BCUT2D eigenvalue weighted by atomic mass is 10.1. The minimum Gasteiger partial charge on any atom is -0.394 e. The van der Waals surface area contributed by atoms with Crippen molar-refractivity contribution in [1.82, 2.24) is 10.2 Å². The molecule has 1 heterocycles. The average Bonchev–Trinajstić information content (AvgIpc) is 2.86. The highest BCUT2D eigenvalue weighted by Gasteiger charge is 2.26. The predicted octanol–water partition coefficient (Wildman–Crippen LogP) is 1.79. The predicted molar refractivity (Wildman–Crippen MR) is 74.5 cm³/mol. The topological polar surface area (TPSA) is 35.5 Å². The number of hydrogen-bond acceptors (Lipinski definition) is 3. The first kappa shape index (κ1) is 13.5. The van der Waals surface area contributed by atoms with E-state index in [1.807, 2.05) is 18.2 Å². The third-order valence-corrected chi connectivity index (χ3v) is 3.77. The van der Waals surface area contributed by atoms with E-state index in [1.165, 1.54) is 12.0 Å². The molecule has 1 saturated heterocycles. The van der Waals surface area contributed by atoms with Gasteiger partial charge in [-0.05, 0) is 32.4 Å². The van der Waals surface area contributed by atoms with Crippen LogP contribution in [0, 0.1) is 0 Å². The van der Waals surface area contributed by atoms with Crippen LogP contribution in [0.2, 0.25) is 0 Å². The third kappa shape index (κ3) is 3.31. The summed E-state index contributed by atoms with van der Waals surface area (Å²) in [6.45, 7) is 6.87. The second-order valence-corrected chi connectivity index (χ2v) is 5.39. The van der Waals surface area contributed by atoms with Crippen LogP contribution in [0.5, 0.6) is 0 Å². The van der Waals surface area contributed by atoms with Crippen molar-refractivity contribution in [2.75, 3.05) is 19.7 Å². The van der Waals surface area contributed by atoms with E-state index in [2.05, 4.69) is 36.2 Å². The Hall–Kier alpha value is -0.900. The zero-order valence-corrected chi connectivity index (χ0v) is 11.3. The Morgan fingerprint density at radius 3 is 2.61 bits per heavy atom. The van der Waals surface area contributed by atoms with Crippen LogP contribution < -0.4 is 5.32 Å². The van der Waals surface area contributed by atoms with Gasteiger partial charge in [-0.2, -0.15) is 0 Å². The average molecular weight is 248 g/mol. The number of rotatable bonds is 5. The van der Waals surface area contributed by atoms with Crippen LogP contribution >= 0.6 is 0 Å². The fraction of sp³-hybridized carbons (Fsp3) is 0.600. The molecule has 0 spiro atoms. The van der Waals surface area contributed by atoms with Crippen LogP contribution in [0.25, 0.3) is 0 Å². The smallest absolute Gasteiger partial charge is 0.0626 e. The number of benzene rings is 1. The van der Waals surface area contributed by atoms with Crippen molar-refractivity contribution in [3.05, 3.63) is 35.9 Å². The SMILES string of the molecule is CC(C)N1CCC(N[C@H](CO)c2ccccc2)C1. The Morgan fingerprint density at radius 1 is 1.33 bits per heavy atom. The molecule has 3 nitrogen and oxygen atoms in total. The molecule has 0 bridgehead atoms. The molecule has 3 heteroatoms. The molecule has 2 N–H and O–H groups in total. The van der Waals surface area contributed by atoms with Crippen LogP contribution in [-0.2, 0) is 0 Å². The summed E-state index contributed by atoms with van der Waals surface area (Å²) in [6, 6.07) is 11.4. The monoisotopic (exact) mass is 248 g/mol. The normalized spacial score (nSPS) is 22.6. The highest BCUT2D eigenvalue weighted by Crippen LogP contribution is 2.18. The molecule has 0 saturated carbocycles. The first-order valence-electron chi connectivity index (χ1n) is 6.86. The van der Waals surface area contributed by atoms with Gasteiger partial charge in [0.05, 0.1) is 12.6 Å². The van der Waals surface area contributed by atoms with E-state index in [4.69, 9.17) is 0 Å². The summed E-state index contributed by atoms with van der Waals surface area (Å²) < 4.78 is 0. The Kier molecular flexibility index (Phi) is 4.75. The van der Waals surface area contributed by atoms with Gasteiger partial charge in [0.15, 0.2) is 0 Å². The molecule has 18 heavy (non-hydrogen) atoms. The van der Waals surface area contributed by atoms with Crippen molar-refractivity contribution in [2.24, 2.45) is 0 Å². The fourth-order valence-electron chi connectivity index (χ4n) is 2.62. The van der Waals surface area contributed by atoms with Crippen molar-refractivity contribution >= 4 is 0 Å². The van der Waals surface area contributed by atoms with Gasteiger partial charge in [0.1, 0.15) is 0 Å². The van der Waals surface area contributed by atoms with Crippen molar-refractivity contribution in [3.63, 3.8) is 0 Å². The second kappa shape index (κ2) is 6.32. The van der Waals surface area contributed by atoms with Crippen molar-refractivity contribution in [2.45, 2.75) is 38.4 Å². The largest absolute Gasteiger partial charge is 0.394 e. The van der Waals surface area contributed by atoms with E-state index in [0.29, 0.717) is 12.1 Å². The number of aliphatic hydroxyl groups excluding tert-OH is 1. The van der Waals surface area contributed by atoms with Gasteiger partial charge in [0.2, 0.25) is 0 Å². The summed E-state index contributed by atoms with van der Waals surface area (Å²) in [4.78, 5) is 2.48. The maximum absolute atomic E-state index is 9.54. The van der Waals surface area contributed by atoms with E-state index < -0.39 is 0 Å². The number of aliphatic hydroxyl groups is 1. The molecular weight excluding hydrogens is 224 g/mol. The molecule has 2 atom stereocenters. The Labute approximate surface area is 110 Å². The molecule has 1 aromatic rings. The van der Waals surface area contributed by atoms with Crippen LogP contribution in [0.1, 0.15) is 31.9 Å². The summed E-state index contributed by atoms with van der Waals surface area (Å²) >= 11 is 0. The molecule has 0 aromatic heterocycles. The fourth-order valence-corrected chi connectivity index (χ4v) is 2.62. The lowest BCUT2D eigenvalue weighted by molar-refractivity contribution is 0.225. The van der Waals surface area contributed by atoms with Crippen LogP contribution in [-0.4, -0.2) is 41.8 Å². The maximum atomic E-state index is 9.54. The van der Waals surface area contributed by atoms with Crippen LogP contribution in [0.4, 0.5) is 0 Å².